The Kier molecular flexibility index (Phi) is 13.2. The number of allylic oxidation sites excluding steroid dienone is 7. The van der Waals surface area contributed by atoms with Crippen LogP contribution >= 0.6 is 0 Å². The number of carbonyl (C=O) groups is 1. The minimum atomic E-state index is -1.38. The van der Waals surface area contributed by atoms with Crippen molar-refractivity contribution in [3.8, 4) is 0 Å². The van der Waals surface area contributed by atoms with Crippen molar-refractivity contribution in [2.24, 2.45) is 0 Å². The van der Waals surface area contributed by atoms with Crippen LogP contribution in [0.2, 0.25) is 0 Å². The first kappa shape index (κ1) is 31.7. The molecule has 5 N–H and O–H groups in total. The van der Waals surface area contributed by atoms with E-state index in [-0.39, 0.29) is 0 Å². The number of aliphatic hydroxyl groups excluding tert-OH is 3. The molecule has 0 saturated carbocycles. The molecular weight excluding hydrogens is 464 g/mol. The van der Waals surface area contributed by atoms with Gasteiger partial charge in [0.2, 0.25) is 0 Å². The number of ether oxygens (including phenoxy) is 2. The van der Waals surface area contributed by atoms with Gasteiger partial charge in [0, 0.05) is 6.08 Å². The zero-order valence-electron chi connectivity index (χ0n) is 22.0. The zero-order valence-corrected chi connectivity index (χ0v) is 22.0. The van der Waals surface area contributed by atoms with E-state index in [0.717, 1.165) is 22.8 Å². The highest BCUT2D eigenvalue weighted by Crippen LogP contribution is 2.25. The molecule has 1 aliphatic heterocycles. The predicted molar refractivity (Wildman–Crippen MR) is 139 cm³/mol. The molecule has 8 heteroatoms. The smallest absolute Gasteiger partial charge is 0.328 e. The van der Waals surface area contributed by atoms with Gasteiger partial charge in [-0.2, -0.15) is 0 Å². The summed E-state index contributed by atoms with van der Waals surface area (Å²) in [6.45, 7) is 11.0. The highest BCUT2D eigenvalue weighted by molar-refractivity contribution is 5.80. The van der Waals surface area contributed by atoms with Gasteiger partial charge in [0.1, 0.15) is 18.3 Å². The fourth-order valence-corrected chi connectivity index (χ4v) is 3.56. The molecule has 36 heavy (non-hydrogen) atoms. The number of aliphatic carboxylic acids is 1. The molecule has 0 aliphatic carbocycles. The van der Waals surface area contributed by atoms with Crippen LogP contribution in [0, 0.1) is 0 Å². The summed E-state index contributed by atoms with van der Waals surface area (Å²) in [7, 11) is 0. The number of carboxylic acids is 1. The van der Waals surface area contributed by atoms with Gasteiger partial charge in [-0.15, -0.1) is 0 Å². The van der Waals surface area contributed by atoms with Crippen LogP contribution in [-0.2, 0) is 14.3 Å². The predicted octanol–water partition coefficient (Wildman–Crippen LogP) is 3.34. The topological polar surface area (TPSA) is 137 Å². The van der Waals surface area contributed by atoms with Gasteiger partial charge in [-0.05, 0) is 60.0 Å². The average molecular weight is 507 g/mol. The minimum absolute atomic E-state index is 0.318. The summed E-state index contributed by atoms with van der Waals surface area (Å²) in [5.41, 5.74) is 1.69. The molecule has 1 rings (SSSR count). The molecule has 0 amide bonds. The Morgan fingerprint density at radius 1 is 1.03 bits per heavy atom. The number of hydrogen-bond donors (Lipinski definition) is 5. The van der Waals surface area contributed by atoms with E-state index in [9.17, 15) is 25.2 Å². The van der Waals surface area contributed by atoms with E-state index in [4.69, 9.17) is 14.6 Å². The maximum atomic E-state index is 10.6. The number of rotatable bonds is 12. The van der Waals surface area contributed by atoms with Crippen molar-refractivity contribution in [1.29, 1.82) is 0 Å². The highest BCUT2D eigenvalue weighted by atomic mass is 16.7. The van der Waals surface area contributed by atoms with E-state index in [0.29, 0.717) is 12.8 Å². The molecule has 0 unspecified atom stereocenters. The maximum absolute atomic E-state index is 10.6. The fraction of sp³-hybridized carbons (Fsp3) is 0.536. The molecule has 1 fully saturated rings. The van der Waals surface area contributed by atoms with E-state index in [1.807, 2.05) is 52.0 Å². The highest BCUT2D eigenvalue weighted by Gasteiger charge is 2.43. The number of aliphatic hydroxyl groups is 4. The monoisotopic (exact) mass is 506 g/mol. The Morgan fingerprint density at radius 3 is 2.31 bits per heavy atom. The maximum Gasteiger partial charge on any atom is 0.328 e. The van der Waals surface area contributed by atoms with Crippen LogP contribution in [0.25, 0.3) is 0 Å². The van der Waals surface area contributed by atoms with Crippen molar-refractivity contribution in [2.45, 2.75) is 96.8 Å². The van der Waals surface area contributed by atoms with Crippen molar-refractivity contribution < 1.29 is 39.8 Å². The second-order valence-corrected chi connectivity index (χ2v) is 9.67. The van der Waals surface area contributed by atoms with E-state index >= 15 is 0 Å². The van der Waals surface area contributed by atoms with Crippen LogP contribution in [-0.4, -0.2) is 73.9 Å². The molecule has 202 valence electrons. The van der Waals surface area contributed by atoms with Gasteiger partial charge in [-0.3, -0.25) is 0 Å². The SMILES string of the molecule is CC(C)=CC[C@@H](O[C@H]1O[C@H](C)[C@@H](O)[C@H](O)[C@@H]1O)/C(C)=C/C=C/C(C)=C/[C@@](C)(O)C/C=C/C=C/C(=O)O. The lowest BCUT2D eigenvalue weighted by atomic mass is 9.98. The first-order chi connectivity index (χ1) is 16.7. The Labute approximate surface area is 214 Å². The fourth-order valence-electron chi connectivity index (χ4n) is 3.56. The zero-order chi connectivity index (χ0) is 27.5. The lowest BCUT2D eigenvalue weighted by Crippen LogP contribution is -2.58. The molecular formula is C28H42O8. The van der Waals surface area contributed by atoms with Crippen LogP contribution in [0.3, 0.4) is 0 Å². The van der Waals surface area contributed by atoms with Crippen molar-refractivity contribution >= 4 is 5.97 Å². The Bertz CT molecular complexity index is 889. The van der Waals surface area contributed by atoms with Gasteiger partial charge in [0.05, 0.1) is 17.8 Å². The van der Waals surface area contributed by atoms with Gasteiger partial charge in [0.25, 0.3) is 0 Å². The minimum Gasteiger partial charge on any atom is -0.478 e. The van der Waals surface area contributed by atoms with E-state index in [2.05, 4.69) is 0 Å². The van der Waals surface area contributed by atoms with Gasteiger partial charge < -0.3 is 35.0 Å². The van der Waals surface area contributed by atoms with Gasteiger partial charge >= 0.3 is 5.97 Å². The molecule has 0 aromatic carbocycles. The molecule has 0 aromatic rings. The third kappa shape index (κ3) is 11.6. The number of hydrogen-bond acceptors (Lipinski definition) is 7. The van der Waals surface area contributed by atoms with E-state index < -0.39 is 48.4 Å². The van der Waals surface area contributed by atoms with Crippen LogP contribution in [0.4, 0.5) is 0 Å². The van der Waals surface area contributed by atoms with Gasteiger partial charge in [0.15, 0.2) is 6.29 Å². The molecule has 1 aliphatic rings. The van der Waals surface area contributed by atoms with Gasteiger partial charge in [-0.1, -0.05) is 59.8 Å². The van der Waals surface area contributed by atoms with Crippen LogP contribution < -0.4 is 0 Å². The molecule has 0 bridgehead atoms. The van der Waals surface area contributed by atoms with E-state index in [1.54, 1.807) is 32.1 Å². The first-order valence-electron chi connectivity index (χ1n) is 12.0. The lowest BCUT2D eigenvalue weighted by Gasteiger charge is -2.40. The van der Waals surface area contributed by atoms with Crippen molar-refractivity contribution in [2.75, 3.05) is 0 Å². The average Bonchev–Trinajstić information content (AvgIpc) is 2.77. The lowest BCUT2D eigenvalue weighted by molar-refractivity contribution is -0.300. The second-order valence-electron chi connectivity index (χ2n) is 9.67. The molecule has 7 atom stereocenters. The molecule has 1 saturated heterocycles. The van der Waals surface area contributed by atoms with Crippen LogP contribution in [0.1, 0.15) is 54.4 Å². The third-order valence-corrected chi connectivity index (χ3v) is 5.63. The van der Waals surface area contributed by atoms with Crippen molar-refractivity contribution in [1.82, 2.24) is 0 Å². The summed E-state index contributed by atoms with van der Waals surface area (Å²) >= 11 is 0. The van der Waals surface area contributed by atoms with Gasteiger partial charge in [-0.25, -0.2) is 4.79 Å². The van der Waals surface area contributed by atoms with Crippen molar-refractivity contribution in [3.05, 3.63) is 71.4 Å². The second kappa shape index (κ2) is 15.0. The molecule has 8 nitrogen and oxygen atoms in total. The Balaban J connectivity index is 2.92. The Morgan fingerprint density at radius 2 is 1.69 bits per heavy atom. The molecule has 0 radical (unpaired) electrons. The summed E-state index contributed by atoms with van der Waals surface area (Å²) in [6.07, 6.45) is 9.67. The Hall–Kier alpha value is -2.33. The summed E-state index contributed by atoms with van der Waals surface area (Å²) in [5.74, 6) is -1.03. The standard InChI is InChI=1S/C28H42O8/c1-18(2)14-15-22(36-27-26(33)25(32)24(31)21(5)35-27)20(4)12-10-11-19(3)17-28(6,34)16-9-7-8-13-23(29)30/h7-14,17,21-22,24-27,31-34H,15-16H2,1-6H3,(H,29,30)/b9-7+,11-10+,13-8+,19-17+,20-12+/t21-,22-,24-,25+,26+,27-,28+/m1/s1. The quantitative estimate of drug-likeness (QED) is 0.154. The largest absolute Gasteiger partial charge is 0.478 e. The van der Waals surface area contributed by atoms with Crippen LogP contribution in [0.15, 0.2) is 71.4 Å². The molecule has 0 aromatic heterocycles. The van der Waals surface area contributed by atoms with Crippen LogP contribution in [0.5, 0.6) is 0 Å². The van der Waals surface area contributed by atoms with Crippen molar-refractivity contribution in [3.63, 3.8) is 0 Å². The summed E-state index contributed by atoms with van der Waals surface area (Å²) < 4.78 is 11.6. The molecule has 1 heterocycles. The number of carboxylic acid groups (broad SMARTS) is 1. The van der Waals surface area contributed by atoms with E-state index in [1.165, 1.54) is 6.08 Å². The first-order valence-corrected chi connectivity index (χ1v) is 12.0. The summed E-state index contributed by atoms with van der Waals surface area (Å²) in [4.78, 5) is 10.5. The third-order valence-electron chi connectivity index (χ3n) is 5.63. The summed E-state index contributed by atoms with van der Waals surface area (Å²) in [6, 6.07) is 0. The normalized spacial score (nSPS) is 28.6. The summed E-state index contributed by atoms with van der Waals surface area (Å²) in [5, 5.41) is 49.5. The molecule has 0 spiro atoms.